The Kier molecular flexibility index (Phi) is 4.28. The molecule has 120 valence electrons. The van der Waals surface area contributed by atoms with Gasteiger partial charge in [-0.2, -0.15) is 5.26 Å². The molecule has 1 aromatic carbocycles. The van der Waals surface area contributed by atoms with Crippen molar-refractivity contribution in [3.63, 3.8) is 0 Å². The van der Waals surface area contributed by atoms with Crippen molar-refractivity contribution < 1.29 is 14.3 Å². The van der Waals surface area contributed by atoms with Gasteiger partial charge in [-0.15, -0.1) is 0 Å². The van der Waals surface area contributed by atoms with Gasteiger partial charge in [-0.25, -0.2) is 0 Å². The summed E-state index contributed by atoms with van der Waals surface area (Å²) in [4.78, 5) is 26.9. The van der Waals surface area contributed by atoms with Gasteiger partial charge in [0.1, 0.15) is 6.61 Å². The van der Waals surface area contributed by atoms with Gasteiger partial charge in [-0.1, -0.05) is 12.1 Å². The Balaban J connectivity index is 1.67. The van der Waals surface area contributed by atoms with E-state index < -0.39 is 5.91 Å². The molecule has 23 heavy (non-hydrogen) atoms. The highest BCUT2D eigenvalue weighted by atomic mass is 16.5. The summed E-state index contributed by atoms with van der Waals surface area (Å²) < 4.78 is 5.60. The SMILES string of the molecule is N#Cc1ccc(CN2CC3OCC(=O)N(CC(N)=O)C3C2)cc1. The van der Waals surface area contributed by atoms with Crippen LogP contribution in [0.25, 0.3) is 0 Å². The molecule has 0 bridgehead atoms. The Labute approximate surface area is 134 Å². The number of morpholine rings is 1. The van der Waals surface area contributed by atoms with Crippen LogP contribution >= 0.6 is 0 Å². The summed E-state index contributed by atoms with van der Waals surface area (Å²) in [6.07, 6.45) is -0.0922. The van der Waals surface area contributed by atoms with Crippen molar-refractivity contribution in [2.75, 3.05) is 26.2 Å². The van der Waals surface area contributed by atoms with E-state index in [1.807, 2.05) is 12.1 Å². The largest absolute Gasteiger partial charge is 0.368 e. The molecule has 2 fully saturated rings. The van der Waals surface area contributed by atoms with Crippen LogP contribution in [0.3, 0.4) is 0 Å². The molecule has 2 atom stereocenters. The Morgan fingerprint density at radius 1 is 1.35 bits per heavy atom. The van der Waals surface area contributed by atoms with Gasteiger partial charge in [0.15, 0.2) is 0 Å². The van der Waals surface area contributed by atoms with Crippen molar-refractivity contribution in [2.24, 2.45) is 5.73 Å². The van der Waals surface area contributed by atoms with E-state index in [9.17, 15) is 9.59 Å². The standard InChI is InChI=1S/C16H18N4O3/c17-5-11-1-3-12(4-2-11)6-19-7-13-14(8-19)23-10-16(22)20(13)9-15(18)21/h1-4,13-14H,6-10H2,(H2,18,21). The molecule has 2 aliphatic heterocycles. The molecule has 7 heteroatoms. The number of hydrogen-bond acceptors (Lipinski definition) is 5. The van der Waals surface area contributed by atoms with Crippen molar-refractivity contribution in [3.8, 4) is 6.07 Å². The summed E-state index contributed by atoms with van der Waals surface area (Å²) in [5.41, 5.74) is 6.96. The third kappa shape index (κ3) is 3.33. The molecule has 2 amide bonds. The lowest BCUT2D eigenvalue weighted by Crippen LogP contribution is -2.56. The number of carbonyl (C=O) groups is 2. The molecule has 0 spiro atoms. The van der Waals surface area contributed by atoms with Crippen LogP contribution < -0.4 is 5.73 Å². The van der Waals surface area contributed by atoms with Crippen molar-refractivity contribution in [3.05, 3.63) is 35.4 Å². The second-order valence-corrected chi connectivity index (χ2v) is 5.91. The number of primary amides is 1. The van der Waals surface area contributed by atoms with Crippen molar-refractivity contribution in [1.82, 2.24) is 9.80 Å². The number of fused-ring (bicyclic) bond motifs is 1. The van der Waals surface area contributed by atoms with Gasteiger partial charge in [-0.3, -0.25) is 14.5 Å². The highest BCUT2D eigenvalue weighted by molar-refractivity contribution is 5.85. The first-order chi connectivity index (χ1) is 11.1. The molecule has 1 aromatic rings. The third-order valence-electron chi connectivity index (χ3n) is 4.27. The normalized spacial score (nSPS) is 24.3. The van der Waals surface area contributed by atoms with Gasteiger partial charge in [-0.05, 0) is 17.7 Å². The van der Waals surface area contributed by atoms with Gasteiger partial charge in [0.2, 0.25) is 11.8 Å². The van der Waals surface area contributed by atoms with E-state index in [-0.39, 0.29) is 31.2 Å². The monoisotopic (exact) mass is 314 g/mol. The highest BCUT2D eigenvalue weighted by Crippen LogP contribution is 2.24. The molecule has 7 nitrogen and oxygen atoms in total. The lowest BCUT2D eigenvalue weighted by molar-refractivity contribution is -0.155. The topological polar surface area (TPSA) is 99.7 Å². The average molecular weight is 314 g/mol. The first kappa shape index (κ1) is 15.5. The molecule has 2 aliphatic rings. The van der Waals surface area contributed by atoms with Crippen LogP contribution in [0, 0.1) is 11.3 Å². The van der Waals surface area contributed by atoms with Crippen LogP contribution in [-0.4, -0.2) is 60.0 Å². The number of rotatable bonds is 4. The number of nitrogens with two attached hydrogens (primary N) is 1. The minimum absolute atomic E-state index is 0.000840. The molecule has 3 rings (SSSR count). The van der Waals surface area contributed by atoms with E-state index in [0.717, 1.165) is 5.56 Å². The molecule has 0 aliphatic carbocycles. The van der Waals surface area contributed by atoms with E-state index in [2.05, 4.69) is 11.0 Å². The number of ether oxygens (including phenoxy) is 1. The number of nitriles is 1. The van der Waals surface area contributed by atoms with Gasteiger partial charge in [0.05, 0.1) is 30.3 Å². The summed E-state index contributed by atoms with van der Waals surface area (Å²) in [6.45, 7) is 1.99. The lowest BCUT2D eigenvalue weighted by Gasteiger charge is -2.35. The maximum atomic E-state index is 12.0. The minimum atomic E-state index is -0.510. The number of amides is 2. The zero-order chi connectivity index (χ0) is 16.4. The van der Waals surface area contributed by atoms with E-state index in [1.165, 1.54) is 4.90 Å². The quantitative estimate of drug-likeness (QED) is 0.804. The highest BCUT2D eigenvalue weighted by Gasteiger charge is 2.43. The lowest BCUT2D eigenvalue weighted by atomic mass is 10.1. The van der Waals surface area contributed by atoms with E-state index in [4.69, 9.17) is 15.7 Å². The van der Waals surface area contributed by atoms with E-state index in [0.29, 0.717) is 25.2 Å². The second kappa shape index (κ2) is 6.36. The zero-order valence-electron chi connectivity index (χ0n) is 12.6. The molecule has 2 heterocycles. The molecule has 2 saturated heterocycles. The maximum Gasteiger partial charge on any atom is 0.249 e. The molecule has 2 unspecified atom stereocenters. The molecule has 0 aromatic heterocycles. The molecular formula is C16H18N4O3. The number of carbonyl (C=O) groups excluding carboxylic acids is 2. The maximum absolute atomic E-state index is 12.0. The Hall–Kier alpha value is -2.43. The molecule has 0 radical (unpaired) electrons. The van der Waals surface area contributed by atoms with Crippen LogP contribution in [0.15, 0.2) is 24.3 Å². The van der Waals surface area contributed by atoms with Crippen LogP contribution in [0.2, 0.25) is 0 Å². The summed E-state index contributed by atoms with van der Waals surface area (Å²) in [7, 11) is 0. The summed E-state index contributed by atoms with van der Waals surface area (Å²) in [5, 5.41) is 8.83. The van der Waals surface area contributed by atoms with Crippen molar-refractivity contribution >= 4 is 11.8 Å². The van der Waals surface area contributed by atoms with Crippen LogP contribution in [-0.2, 0) is 20.9 Å². The predicted octanol–water partition coefficient (Wildman–Crippen LogP) is -0.545. The zero-order valence-corrected chi connectivity index (χ0v) is 12.6. The van der Waals surface area contributed by atoms with Gasteiger partial charge in [0.25, 0.3) is 0 Å². The summed E-state index contributed by atoms with van der Waals surface area (Å²) >= 11 is 0. The number of benzene rings is 1. The smallest absolute Gasteiger partial charge is 0.249 e. The van der Waals surface area contributed by atoms with Crippen molar-refractivity contribution in [1.29, 1.82) is 5.26 Å². The number of hydrogen-bond donors (Lipinski definition) is 1. The Morgan fingerprint density at radius 2 is 2.09 bits per heavy atom. The fourth-order valence-corrected chi connectivity index (χ4v) is 3.19. The fourth-order valence-electron chi connectivity index (χ4n) is 3.19. The number of likely N-dealkylation sites (tertiary alicyclic amines) is 1. The molecule has 0 saturated carbocycles. The van der Waals surface area contributed by atoms with Crippen LogP contribution in [0.1, 0.15) is 11.1 Å². The first-order valence-corrected chi connectivity index (χ1v) is 7.47. The van der Waals surface area contributed by atoms with Gasteiger partial charge >= 0.3 is 0 Å². The predicted molar refractivity (Wildman–Crippen MR) is 80.9 cm³/mol. The minimum Gasteiger partial charge on any atom is -0.368 e. The first-order valence-electron chi connectivity index (χ1n) is 7.47. The average Bonchev–Trinajstić information content (AvgIpc) is 2.93. The van der Waals surface area contributed by atoms with E-state index in [1.54, 1.807) is 12.1 Å². The van der Waals surface area contributed by atoms with E-state index >= 15 is 0 Å². The Bertz CT molecular complexity index is 652. The summed E-state index contributed by atoms with van der Waals surface area (Å²) in [6, 6.07) is 9.39. The van der Waals surface area contributed by atoms with Crippen LogP contribution in [0.5, 0.6) is 0 Å². The van der Waals surface area contributed by atoms with Gasteiger partial charge in [0, 0.05) is 19.6 Å². The van der Waals surface area contributed by atoms with Crippen molar-refractivity contribution in [2.45, 2.75) is 18.7 Å². The Morgan fingerprint density at radius 3 is 2.74 bits per heavy atom. The number of nitrogens with zero attached hydrogens (tertiary/aromatic N) is 3. The molecule has 2 N–H and O–H groups in total. The van der Waals surface area contributed by atoms with Gasteiger partial charge < -0.3 is 15.4 Å². The fraction of sp³-hybridized carbons (Fsp3) is 0.438. The summed E-state index contributed by atoms with van der Waals surface area (Å²) in [5.74, 6) is -0.699. The van der Waals surface area contributed by atoms with Crippen LogP contribution in [0.4, 0.5) is 0 Å². The molecular weight excluding hydrogens is 296 g/mol. The second-order valence-electron chi connectivity index (χ2n) is 5.91. The third-order valence-corrected chi connectivity index (χ3v) is 4.27.